The summed E-state index contributed by atoms with van der Waals surface area (Å²) in [6.45, 7) is 6.28. The number of ether oxygens (including phenoxy) is 3. The van der Waals surface area contributed by atoms with E-state index in [1.54, 1.807) is 26.2 Å². The van der Waals surface area contributed by atoms with Crippen molar-refractivity contribution in [2.24, 2.45) is 0 Å². The smallest absolute Gasteiger partial charge is 0.231 e. The second-order valence-electron chi connectivity index (χ2n) is 7.13. The molecule has 4 nitrogen and oxygen atoms in total. The van der Waals surface area contributed by atoms with E-state index in [0.29, 0.717) is 12.7 Å². The largest absolute Gasteiger partial charge is 0.496 e. The Kier molecular flexibility index (Phi) is 10.0. The van der Waals surface area contributed by atoms with Gasteiger partial charge in [-0.1, -0.05) is 25.5 Å². The van der Waals surface area contributed by atoms with Crippen LogP contribution in [0.25, 0.3) is 0 Å². The van der Waals surface area contributed by atoms with E-state index in [0.717, 1.165) is 43.2 Å². The molecule has 0 aromatic heterocycles. The molecule has 0 amide bonds. The predicted molar refractivity (Wildman–Crippen MR) is 119 cm³/mol. The number of fused-ring (bicyclic) bond motifs is 1. The third-order valence-corrected chi connectivity index (χ3v) is 4.98. The summed E-state index contributed by atoms with van der Waals surface area (Å²) in [5, 5.41) is 3.32. The van der Waals surface area contributed by atoms with Crippen LogP contribution in [0.4, 0.5) is 4.39 Å². The molecular weight excluding hydrogens is 381 g/mol. The van der Waals surface area contributed by atoms with Crippen LogP contribution in [0.2, 0.25) is 0 Å². The molecule has 0 atom stereocenters. The Morgan fingerprint density at radius 2 is 1.73 bits per heavy atom. The van der Waals surface area contributed by atoms with Crippen molar-refractivity contribution >= 4 is 0 Å². The molecule has 5 heteroatoms. The summed E-state index contributed by atoms with van der Waals surface area (Å²) in [5.41, 5.74) is 2.46. The summed E-state index contributed by atoms with van der Waals surface area (Å²) in [4.78, 5) is 0. The van der Waals surface area contributed by atoms with E-state index in [-0.39, 0.29) is 5.82 Å². The Labute approximate surface area is 179 Å². The van der Waals surface area contributed by atoms with Crippen LogP contribution in [0, 0.1) is 18.2 Å². The number of benzene rings is 2. The SMILES string of the molecule is C#CC.CCCc1cc2c(cc1OC)OCO2.Fc1ccc(C2CCNCC2)cc1. The standard InChI is InChI=1S/C11H14FN.C11H14O3.C3H4/c12-11-3-1-9(2-4-11)10-5-7-13-8-6-10;1-3-4-8-5-10-11(14-7-13-10)6-9(8)12-2;1-3-2/h1-4,10,13H,5-8H2;5-6H,3-4,7H2,1-2H3;1H,2H3. The highest BCUT2D eigenvalue weighted by molar-refractivity contribution is 5.51. The van der Waals surface area contributed by atoms with Gasteiger partial charge in [0.2, 0.25) is 6.79 Å². The van der Waals surface area contributed by atoms with Gasteiger partial charge in [0.05, 0.1) is 7.11 Å². The number of terminal acetylenes is 1. The molecule has 2 aromatic rings. The number of methoxy groups -OCH3 is 1. The van der Waals surface area contributed by atoms with Gasteiger partial charge in [-0.15, -0.1) is 12.3 Å². The first-order valence-corrected chi connectivity index (χ1v) is 10.4. The number of aryl methyl sites for hydroxylation is 1. The highest BCUT2D eigenvalue weighted by Gasteiger charge is 2.17. The minimum absolute atomic E-state index is 0.141. The molecule has 0 aliphatic carbocycles. The Hall–Kier alpha value is -2.71. The number of rotatable bonds is 4. The Bertz CT molecular complexity index is 808. The van der Waals surface area contributed by atoms with Crippen LogP contribution in [0.3, 0.4) is 0 Å². The Morgan fingerprint density at radius 1 is 1.13 bits per heavy atom. The molecule has 0 bridgehead atoms. The Balaban J connectivity index is 0.000000190. The fraction of sp³-hybridized carbons (Fsp3) is 0.440. The van der Waals surface area contributed by atoms with Gasteiger partial charge < -0.3 is 19.5 Å². The Morgan fingerprint density at radius 3 is 2.30 bits per heavy atom. The van der Waals surface area contributed by atoms with E-state index < -0.39 is 0 Å². The summed E-state index contributed by atoms with van der Waals surface area (Å²) in [7, 11) is 1.68. The fourth-order valence-electron chi connectivity index (χ4n) is 3.51. The van der Waals surface area contributed by atoms with E-state index in [4.69, 9.17) is 14.2 Å². The highest BCUT2D eigenvalue weighted by Crippen LogP contribution is 2.38. The molecule has 0 saturated carbocycles. The van der Waals surface area contributed by atoms with Crippen molar-refractivity contribution in [2.75, 3.05) is 27.0 Å². The third kappa shape index (κ3) is 6.96. The van der Waals surface area contributed by atoms with Gasteiger partial charge in [-0.05, 0) is 74.5 Å². The maximum Gasteiger partial charge on any atom is 0.231 e. The van der Waals surface area contributed by atoms with Gasteiger partial charge in [-0.25, -0.2) is 4.39 Å². The lowest BCUT2D eigenvalue weighted by molar-refractivity contribution is 0.174. The lowest BCUT2D eigenvalue weighted by Crippen LogP contribution is -2.26. The van der Waals surface area contributed by atoms with Gasteiger partial charge in [0, 0.05) is 6.07 Å². The zero-order chi connectivity index (χ0) is 21.8. The topological polar surface area (TPSA) is 39.7 Å². The first-order valence-electron chi connectivity index (χ1n) is 10.4. The monoisotopic (exact) mass is 413 g/mol. The predicted octanol–water partition coefficient (Wildman–Crippen LogP) is 5.31. The molecule has 1 N–H and O–H groups in total. The van der Waals surface area contributed by atoms with Crippen LogP contribution in [0.5, 0.6) is 17.2 Å². The van der Waals surface area contributed by atoms with Gasteiger partial charge in [0.1, 0.15) is 11.6 Å². The summed E-state index contributed by atoms with van der Waals surface area (Å²) in [6, 6.07) is 10.8. The van der Waals surface area contributed by atoms with Gasteiger partial charge in [-0.2, -0.15) is 0 Å². The van der Waals surface area contributed by atoms with Gasteiger partial charge in [0.25, 0.3) is 0 Å². The molecule has 0 spiro atoms. The van der Waals surface area contributed by atoms with Crippen LogP contribution in [0.15, 0.2) is 36.4 Å². The fourth-order valence-corrected chi connectivity index (χ4v) is 3.51. The van der Waals surface area contributed by atoms with Crippen LogP contribution in [0.1, 0.15) is 50.2 Å². The van der Waals surface area contributed by atoms with E-state index in [2.05, 4.69) is 24.6 Å². The normalized spacial score (nSPS) is 14.5. The maximum absolute atomic E-state index is 12.6. The number of nitrogens with one attached hydrogen (secondary N) is 1. The van der Waals surface area contributed by atoms with E-state index in [1.165, 1.54) is 24.0 Å². The molecule has 2 aliphatic rings. The van der Waals surface area contributed by atoms with Crippen molar-refractivity contribution in [1.82, 2.24) is 5.32 Å². The van der Waals surface area contributed by atoms with Crippen LogP contribution < -0.4 is 19.5 Å². The molecule has 2 heterocycles. The van der Waals surface area contributed by atoms with Gasteiger partial charge in [0.15, 0.2) is 11.5 Å². The van der Waals surface area contributed by atoms with Gasteiger partial charge in [-0.3, -0.25) is 0 Å². The molecule has 2 aliphatic heterocycles. The van der Waals surface area contributed by atoms with Crippen molar-refractivity contribution < 1.29 is 18.6 Å². The van der Waals surface area contributed by atoms with Crippen LogP contribution in [-0.2, 0) is 6.42 Å². The lowest BCUT2D eigenvalue weighted by atomic mass is 9.90. The number of halogens is 1. The molecular formula is C25H32FNO3. The second-order valence-corrected chi connectivity index (χ2v) is 7.13. The average molecular weight is 414 g/mol. The van der Waals surface area contributed by atoms with Crippen molar-refractivity contribution in [2.45, 2.75) is 45.4 Å². The minimum Gasteiger partial charge on any atom is -0.496 e. The zero-order valence-electron chi connectivity index (χ0n) is 18.2. The number of hydrogen-bond acceptors (Lipinski definition) is 4. The summed E-state index contributed by atoms with van der Waals surface area (Å²) >= 11 is 0. The van der Waals surface area contributed by atoms with Crippen molar-refractivity contribution in [3.05, 3.63) is 53.3 Å². The molecule has 1 saturated heterocycles. The van der Waals surface area contributed by atoms with E-state index in [9.17, 15) is 4.39 Å². The highest BCUT2D eigenvalue weighted by atomic mass is 19.1. The van der Waals surface area contributed by atoms with Gasteiger partial charge >= 0.3 is 0 Å². The third-order valence-electron chi connectivity index (χ3n) is 4.98. The molecule has 4 rings (SSSR count). The van der Waals surface area contributed by atoms with E-state index >= 15 is 0 Å². The number of piperidine rings is 1. The zero-order valence-corrected chi connectivity index (χ0v) is 18.2. The second kappa shape index (κ2) is 12.8. The summed E-state index contributed by atoms with van der Waals surface area (Å²) in [6.07, 6.45) is 9.03. The molecule has 1 fully saturated rings. The molecule has 2 aromatic carbocycles. The average Bonchev–Trinajstić information content (AvgIpc) is 3.23. The molecule has 0 radical (unpaired) electrons. The minimum atomic E-state index is -0.141. The maximum atomic E-state index is 12.6. The quantitative estimate of drug-likeness (QED) is 0.690. The number of hydrogen-bond donors (Lipinski definition) is 1. The summed E-state index contributed by atoms with van der Waals surface area (Å²) in [5.74, 6) is 5.23. The first kappa shape index (κ1) is 23.6. The molecule has 30 heavy (non-hydrogen) atoms. The molecule has 162 valence electrons. The molecule has 0 unspecified atom stereocenters. The van der Waals surface area contributed by atoms with Crippen LogP contribution >= 0.6 is 0 Å². The van der Waals surface area contributed by atoms with E-state index in [1.807, 2.05) is 24.3 Å². The van der Waals surface area contributed by atoms with Crippen LogP contribution in [-0.4, -0.2) is 27.0 Å². The van der Waals surface area contributed by atoms with Crippen molar-refractivity contribution in [3.63, 3.8) is 0 Å². The first-order chi connectivity index (χ1) is 14.6. The van der Waals surface area contributed by atoms with Crippen molar-refractivity contribution in [1.29, 1.82) is 0 Å². The van der Waals surface area contributed by atoms with Crippen molar-refractivity contribution in [3.8, 4) is 29.6 Å². The summed E-state index contributed by atoms with van der Waals surface area (Å²) < 4.78 is 28.5. The lowest BCUT2D eigenvalue weighted by Gasteiger charge is -2.22.